The molecule has 0 unspecified atom stereocenters. The first-order valence-electron chi connectivity index (χ1n) is 7.86. The highest BCUT2D eigenvalue weighted by Crippen LogP contribution is 2.22. The number of rotatable bonds is 7. The molecule has 0 saturated heterocycles. The summed E-state index contributed by atoms with van der Waals surface area (Å²) >= 11 is 12.3. The first-order chi connectivity index (χ1) is 12.8. The molecular weight excluding hydrogens is 389 g/mol. The molecule has 0 atom stereocenters. The summed E-state index contributed by atoms with van der Waals surface area (Å²) in [6.07, 6.45) is 1.53. The van der Waals surface area contributed by atoms with Gasteiger partial charge in [-0.05, 0) is 36.8 Å². The molecule has 2 aromatic rings. The Morgan fingerprint density at radius 3 is 2.74 bits per heavy atom. The van der Waals surface area contributed by atoms with Gasteiger partial charge in [-0.3, -0.25) is 4.99 Å². The summed E-state index contributed by atoms with van der Waals surface area (Å²) in [4.78, 5) is 16.3. The third-order valence-corrected chi connectivity index (χ3v) is 4.23. The summed E-state index contributed by atoms with van der Waals surface area (Å²) in [5.41, 5.74) is 7.91. The molecule has 2 rings (SSSR count). The van der Waals surface area contributed by atoms with Gasteiger partial charge in [-0.2, -0.15) is 0 Å². The van der Waals surface area contributed by atoms with Gasteiger partial charge in [-0.25, -0.2) is 4.79 Å². The number of aliphatic imine (C=N–C) groups is 1. The van der Waals surface area contributed by atoms with Crippen LogP contribution in [0, 0.1) is 6.92 Å². The van der Waals surface area contributed by atoms with Crippen LogP contribution >= 0.6 is 23.2 Å². The van der Waals surface area contributed by atoms with E-state index in [1.165, 1.54) is 13.4 Å². The van der Waals surface area contributed by atoms with Gasteiger partial charge in [0.25, 0.3) is 0 Å². The molecule has 3 N–H and O–H groups in total. The highest BCUT2D eigenvalue weighted by atomic mass is 35.5. The lowest BCUT2D eigenvalue weighted by Gasteiger charge is -2.15. The van der Waals surface area contributed by atoms with Crippen molar-refractivity contribution in [2.24, 2.45) is 10.7 Å². The average molecular weight is 408 g/mol. The Hall–Kier alpha value is -2.70. The van der Waals surface area contributed by atoms with Crippen molar-refractivity contribution in [3.63, 3.8) is 0 Å². The number of halogens is 2. The summed E-state index contributed by atoms with van der Waals surface area (Å²) in [6.45, 7) is 6.00. The van der Waals surface area contributed by atoms with Crippen molar-refractivity contribution < 1.29 is 13.9 Å². The zero-order valence-corrected chi connectivity index (χ0v) is 16.4. The molecular formula is C19H19Cl2N3O3. The minimum Gasteiger partial charge on any atom is -0.467 e. The number of carbonyl (C=O) groups excluding carboxylic acids is 1. The zero-order valence-electron chi connectivity index (χ0n) is 14.9. The number of furan rings is 1. The number of hydrogen-bond acceptors (Lipinski definition) is 5. The molecule has 1 heterocycles. The minimum atomic E-state index is -0.705. The van der Waals surface area contributed by atoms with E-state index in [-0.39, 0.29) is 23.1 Å². The lowest BCUT2D eigenvalue weighted by atomic mass is 10.1. The molecule has 0 radical (unpaired) electrons. The molecule has 1 aromatic carbocycles. The van der Waals surface area contributed by atoms with Crippen molar-refractivity contribution in [2.75, 3.05) is 7.11 Å². The Labute approximate surface area is 167 Å². The smallest absolute Gasteiger partial charge is 0.356 e. The van der Waals surface area contributed by atoms with Crippen LogP contribution in [0.4, 0.5) is 0 Å². The number of ether oxygens (including phenoxy) is 1. The van der Waals surface area contributed by atoms with Crippen molar-refractivity contribution >= 4 is 40.7 Å². The predicted molar refractivity (Wildman–Crippen MR) is 107 cm³/mol. The van der Waals surface area contributed by atoms with E-state index in [4.69, 9.17) is 38.1 Å². The third-order valence-electron chi connectivity index (χ3n) is 3.61. The molecule has 142 valence electrons. The number of methoxy groups -OCH3 is 1. The number of nitrogens with zero attached hydrogens (tertiary/aromatic N) is 1. The summed E-state index contributed by atoms with van der Waals surface area (Å²) < 4.78 is 9.97. The van der Waals surface area contributed by atoms with Crippen LogP contribution in [-0.2, 0) is 16.1 Å². The monoisotopic (exact) mass is 407 g/mol. The lowest BCUT2D eigenvalue weighted by Crippen LogP contribution is -2.26. The van der Waals surface area contributed by atoms with Crippen molar-refractivity contribution in [1.29, 1.82) is 0 Å². The van der Waals surface area contributed by atoms with E-state index >= 15 is 0 Å². The maximum atomic E-state index is 12.2. The highest BCUT2D eigenvalue weighted by Gasteiger charge is 2.19. The van der Waals surface area contributed by atoms with E-state index in [1.54, 1.807) is 30.3 Å². The number of amidine groups is 1. The SMILES string of the molecule is C=C(NC(C(=O)OC)=C(Cl)C(N)=NCc1ccco1)c1ccc(Cl)cc1C. The summed E-state index contributed by atoms with van der Waals surface area (Å²) in [7, 11) is 1.24. The molecule has 0 spiro atoms. The topological polar surface area (TPSA) is 89.8 Å². The second kappa shape index (κ2) is 9.30. The van der Waals surface area contributed by atoms with E-state index < -0.39 is 5.97 Å². The number of nitrogens with two attached hydrogens (primary N) is 1. The fourth-order valence-electron chi connectivity index (χ4n) is 2.24. The fourth-order valence-corrected chi connectivity index (χ4v) is 2.66. The number of aryl methyl sites for hydroxylation is 1. The van der Waals surface area contributed by atoms with Crippen molar-refractivity contribution in [1.82, 2.24) is 5.32 Å². The second-order valence-corrected chi connectivity index (χ2v) is 6.34. The number of benzene rings is 1. The van der Waals surface area contributed by atoms with Gasteiger partial charge in [0.05, 0.1) is 19.9 Å². The van der Waals surface area contributed by atoms with Crippen LogP contribution in [-0.4, -0.2) is 18.9 Å². The van der Waals surface area contributed by atoms with Gasteiger partial charge in [0.15, 0.2) is 0 Å². The van der Waals surface area contributed by atoms with Gasteiger partial charge in [0, 0.05) is 16.3 Å². The first-order valence-corrected chi connectivity index (χ1v) is 8.62. The molecule has 0 fully saturated rings. The van der Waals surface area contributed by atoms with E-state index in [1.807, 2.05) is 6.92 Å². The Balaban J connectivity index is 2.30. The van der Waals surface area contributed by atoms with Crippen LogP contribution in [0.2, 0.25) is 5.02 Å². The number of carbonyl (C=O) groups is 1. The zero-order chi connectivity index (χ0) is 20.0. The lowest BCUT2D eigenvalue weighted by molar-refractivity contribution is -0.136. The standard InChI is InChI=1S/C19H19Cl2N3O3/c1-11-9-13(20)6-7-15(11)12(2)24-17(19(25)26-3)16(21)18(22)23-10-14-5-4-8-27-14/h4-9,24H,2,10H2,1,3H3,(H2,22,23). The van der Waals surface area contributed by atoms with Crippen LogP contribution in [0.1, 0.15) is 16.9 Å². The Morgan fingerprint density at radius 1 is 1.41 bits per heavy atom. The average Bonchev–Trinajstić information content (AvgIpc) is 3.16. The number of hydrogen-bond donors (Lipinski definition) is 2. The molecule has 27 heavy (non-hydrogen) atoms. The molecule has 0 aliphatic heterocycles. The van der Waals surface area contributed by atoms with Crippen molar-refractivity contribution in [3.05, 3.63) is 75.8 Å². The summed E-state index contributed by atoms with van der Waals surface area (Å²) in [5, 5.41) is 3.38. The Morgan fingerprint density at radius 2 is 2.15 bits per heavy atom. The second-order valence-electron chi connectivity index (χ2n) is 5.52. The molecule has 6 nitrogen and oxygen atoms in total. The highest BCUT2D eigenvalue weighted by molar-refractivity contribution is 6.44. The third kappa shape index (κ3) is 5.39. The normalized spacial score (nSPS) is 12.4. The van der Waals surface area contributed by atoms with Gasteiger partial charge in [-0.15, -0.1) is 0 Å². The molecule has 0 aliphatic carbocycles. The van der Waals surface area contributed by atoms with Crippen LogP contribution in [0.3, 0.4) is 0 Å². The van der Waals surface area contributed by atoms with Crippen LogP contribution in [0.5, 0.6) is 0 Å². The van der Waals surface area contributed by atoms with Crippen molar-refractivity contribution in [2.45, 2.75) is 13.5 Å². The van der Waals surface area contributed by atoms with E-state index in [0.717, 1.165) is 11.1 Å². The molecule has 8 heteroatoms. The maximum absolute atomic E-state index is 12.2. The summed E-state index contributed by atoms with van der Waals surface area (Å²) in [5.74, 6) is -0.137. The molecule has 1 aromatic heterocycles. The van der Waals surface area contributed by atoms with Crippen LogP contribution in [0.25, 0.3) is 5.70 Å². The van der Waals surface area contributed by atoms with Gasteiger partial charge in [0.2, 0.25) is 0 Å². The number of esters is 1. The van der Waals surface area contributed by atoms with Crippen molar-refractivity contribution in [3.8, 4) is 0 Å². The maximum Gasteiger partial charge on any atom is 0.356 e. The summed E-state index contributed by atoms with van der Waals surface area (Å²) in [6, 6.07) is 8.77. The molecule has 0 amide bonds. The van der Waals surface area contributed by atoms with E-state index in [0.29, 0.717) is 16.5 Å². The largest absolute Gasteiger partial charge is 0.467 e. The molecule has 0 saturated carbocycles. The number of nitrogens with one attached hydrogen (secondary N) is 1. The molecule has 0 bridgehead atoms. The first kappa shape index (κ1) is 20.6. The van der Waals surface area contributed by atoms with E-state index in [9.17, 15) is 4.79 Å². The van der Waals surface area contributed by atoms with Gasteiger partial charge >= 0.3 is 5.97 Å². The van der Waals surface area contributed by atoms with Gasteiger partial charge in [-0.1, -0.05) is 35.8 Å². The minimum absolute atomic E-state index is 0.0402. The quantitative estimate of drug-likeness (QED) is 0.313. The Bertz CT molecular complexity index is 903. The molecule has 0 aliphatic rings. The Kier molecular flexibility index (Phi) is 7.10. The van der Waals surface area contributed by atoms with E-state index in [2.05, 4.69) is 16.9 Å². The predicted octanol–water partition coefficient (Wildman–Crippen LogP) is 3.98. The fraction of sp³-hybridized carbons (Fsp3) is 0.158. The van der Waals surface area contributed by atoms with Crippen LogP contribution in [0.15, 0.2) is 63.3 Å². The van der Waals surface area contributed by atoms with Gasteiger partial charge < -0.3 is 20.2 Å². The van der Waals surface area contributed by atoms with Gasteiger partial charge in [0.1, 0.15) is 22.3 Å². The van der Waals surface area contributed by atoms with Crippen LogP contribution < -0.4 is 11.1 Å².